The fraction of sp³-hybridized carbons (Fsp3) is 0.500. The first-order chi connectivity index (χ1) is 12.6. The van der Waals surface area contributed by atoms with Crippen molar-refractivity contribution in [1.82, 2.24) is 5.32 Å². The van der Waals surface area contributed by atoms with E-state index in [0.717, 1.165) is 12.6 Å². The summed E-state index contributed by atoms with van der Waals surface area (Å²) < 4.78 is 9.87. The number of esters is 2. The molecule has 6 N–H and O–H groups in total. The fourth-order valence-electron chi connectivity index (χ4n) is 1.46. The van der Waals surface area contributed by atoms with Crippen LogP contribution in [0.2, 0.25) is 0 Å². The van der Waals surface area contributed by atoms with Crippen LogP contribution in [0.4, 0.5) is 0 Å². The van der Waals surface area contributed by atoms with E-state index in [1.165, 1.54) is 12.2 Å². The Bertz CT molecular complexity index is 582. The van der Waals surface area contributed by atoms with E-state index in [4.69, 9.17) is 26.0 Å². The average Bonchev–Trinajstić information content (AvgIpc) is 2.60. The van der Waals surface area contributed by atoms with Crippen molar-refractivity contribution in [3.8, 4) is 0 Å². The van der Waals surface area contributed by atoms with Gasteiger partial charge in [-0.3, -0.25) is 0 Å². The minimum absolute atomic E-state index is 0.0528. The van der Waals surface area contributed by atoms with Gasteiger partial charge in [0.15, 0.2) is 0 Å². The molecule has 0 aliphatic carbocycles. The molecule has 0 aliphatic rings. The summed E-state index contributed by atoms with van der Waals surface area (Å²) in [6.07, 6.45) is 4.05. The van der Waals surface area contributed by atoms with Crippen LogP contribution in [0, 0.1) is 0 Å². The smallest absolute Gasteiger partial charge is 0.354 e. The van der Waals surface area contributed by atoms with E-state index in [-0.39, 0.29) is 18.0 Å². The van der Waals surface area contributed by atoms with Gasteiger partial charge in [-0.15, -0.1) is 0 Å². The number of rotatable bonds is 9. The molecule has 0 aromatic heterocycles. The van der Waals surface area contributed by atoms with Gasteiger partial charge in [-0.1, -0.05) is 12.2 Å². The first kappa shape index (κ1) is 26.3. The lowest BCUT2D eigenvalue weighted by molar-refractivity contribution is -0.145. The highest BCUT2D eigenvalue weighted by Gasteiger charge is 2.12. The second kappa shape index (κ2) is 15.3. The quantitative estimate of drug-likeness (QED) is 0.338. The van der Waals surface area contributed by atoms with Crippen molar-refractivity contribution >= 4 is 17.9 Å². The SMILES string of the molecule is C/C=C(\N)C(=O)OCCC(C)OC(=O)/C(N)=C/C.CCN/C(C)=C\C(=O)O. The van der Waals surface area contributed by atoms with E-state index in [0.29, 0.717) is 12.1 Å². The molecule has 0 rings (SSSR count). The summed E-state index contributed by atoms with van der Waals surface area (Å²) in [5.74, 6) is -2.07. The first-order valence-electron chi connectivity index (χ1n) is 8.45. The number of carbonyl (C=O) groups excluding carboxylic acids is 2. The maximum absolute atomic E-state index is 11.3. The third kappa shape index (κ3) is 15.0. The summed E-state index contributed by atoms with van der Waals surface area (Å²) in [4.78, 5) is 32.4. The lowest BCUT2D eigenvalue weighted by atomic mass is 10.3. The highest BCUT2D eigenvalue weighted by molar-refractivity contribution is 5.87. The Labute approximate surface area is 160 Å². The van der Waals surface area contributed by atoms with Crippen LogP contribution in [0.1, 0.15) is 41.0 Å². The largest absolute Gasteiger partial charge is 0.478 e. The molecule has 0 radical (unpaired) electrons. The predicted octanol–water partition coefficient (Wildman–Crippen LogP) is 1.16. The molecular formula is C18H31N3O6. The minimum atomic E-state index is -0.909. The van der Waals surface area contributed by atoms with E-state index in [2.05, 4.69) is 5.32 Å². The molecule has 0 aliphatic heterocycles. The molecule has 9 heteroatoms. The predicted molar refractivity (Wildman–Crippen MR) is 102 cm³/mol. The molecule has 0 aromatic rings. The Balaban J connectivity index is 0. The molecule has 0 saturated heterocycles. The highest BCUT2D eigenvalue weighted by atomic mass is 16.6. The van der Waals surface area contributed by atoms with Crippen molar-refractivity contribution in [2.75, 3.05) is 13.2 Å². The summed E-state index contributed by atoms with van der Waals surface area (Å²) in [6.45, 7) is 9.49. The Kier molecular flexibility index (Phi) is 14.9. The lowest BCUT2D eigenvalue weighted by Gasteiger charge is -2.13. The number of aliphatic carboxylic acids is 1. The van der Waals surface area contributed by atoms with Crippen LogP contribution in [0.25, 0.3) is 0 Å². The van der Waals surface area contributed by atoms with Crippen molar-refractivity contribution < 1.29 is 29.0 Å². The third-order valence-corrected chi connectivity index (χ3v) is 2.95. The second-order valence-electron chi connectivity index (χ2n) is 5.32. The topological polar surface area (TPSA) is 154 Å². The zero-order valence-electron chi connectivity index (χ0n) is 16.6. The van der Waals surface area contributed by atoms with Crippen molar-refractivity contribution in [2.45, 2.75) is 47.1 Å². The standard InChI is InChI=1S/C12H20N2O4.C6H11NO2/c1-4-9(13)11(15)17-7-6-8(3)18-12(16)10(14)5-2;1-3-7-5(2)4-6(8)9/h4-5,8H,6-7,13-14H2,1-3H3;4,7H,3H2,1-2H3,(H,8,9)/b9-4-,10-5-;5-4-. The number of carboxylic acids is 1. The Hall–Kier alpha value is -2.97. The molecule has 0 fully saturated rings. The summed E-state index contributed by atoms with van der Waals surface area (Å²) >= 11 is 0. The number of carbonyl (C=O) groups is 3. The first-order valence-corrected chi connectivity index (χ1v) is 8.45. The van der Waals surface area contributed by atoms with Gasteiger partial charge in [0, 0.05) is 24.7 Å². The number of ether oxygens (including phenoxy) is 2. The second-order valence-corrected chi connectivity index (χ2v) is 5.32. The summed E-state index contributed by atoms with van der Waals surface area (Å²) in [5.41, 5.74) is 11.5. The van der Waals surface area contributed by atoms with Crippen molar-refractivity contribution in [2.24, 2.45) is 11.5 Å². The molecule has 0 bridgehead atoms. The molecule has 0 spiro atoms. The van der Waals surface area contributed by atoms with Crippen molar-refractivity contribution in [3.05, 3.63) is 35.3 Å². The molecule has 27 heavy (non-hydrogen) atoms. The normalized spacial score (nSPS) is 13.0. The Morgan fingerprint density at radius 3 is 2.07 bits per heavy atom. The van der Waals surface area contributed by atoms with Crippen LogP contribution in [-0.4, -0.2) is 42.3 Å². The summed E-state index contributed by atoms with van der Waals surface area (Å²) in [7, 11) is 0. The van der Waals surface area contributed by atoms with Gasteiger partial charge in [0.25, 0.3) is 0 Å². The van der Waals surface area contributed by atoms with Gasteiger partial charge >= 0.3 is 17.9 Å². The molecule has 9 nitrogen and oxygen atoms in total. The Morgan fingerprint density at radius 2 is 1.63 bits per heavy atom. The van der Waals surface area contributed by atoms with Crippen LogP contribution < -0.4 is 16.8 Å². The molecule has 0 amide bonds. The van der Waals surface area contributed by atoms with Crippen molar-refractivity contribution in [3.63, 3.8) is 0 Å². The van der Waals surface area contributed by atoms with E-state index in [1.807, 2.05) is 6.92 Å². The molecule has 0 aromatic carbocycles. The van der Waals surface area contributed by atoms with Crippen LogP contribution >= 0.6 is 0 Å². The number of carboxylic acid groups (broad SMARTS) is 1. The number of nitrogens with two attached hydrogens (primary N) is 2. The zero-order chi connectivity index (χ0) is 21.4. The number of hydrogen-bond acceptors (Lipinski definition) is 8. The minimum Gasteiger partial charge on any atom is -0.478 e. The molecule has 1 unspecified atom stereocenters. The average molecular weight is 385 g/mol. The van der Waals surface area contributed by atoms with Crippen LogP contribution in [0.3, 0.4) is 0 Å². The fourth-order valence-corrected chi connectivity index (χ4v) is 1.46. The van der Waals surface area contributed by atoms with Crippen LogP contribution in [0.5, 0.6) is 0 Å². The molecule has 0 saturated carbocycles. The van der Waals surface area contributed by atoms with Gasteiger partial charge in [0.1, 0.15) is 17.5 Å². The monoisotopic (exact) mass is 385 g/mol. The van der Waals surface area contributed by atoms with Crippen LogP contribution in [-0.2, 0) is 23.9 Å². The number of hydrogen-bond donors (Lipinski definition) is 4. The number of nitrogens with one attached hydrogen (secondary N) is 1. The number of allylic oxidation sites excluding steroid dienone is 3. The van der Waals surface area contributed by atoms with Gasteiger partial charge in [0.2, 0.25) is 0 Å². The lowest BCUT2D eigenvalue weighted by Crippen LogP contribution is -2.23. The van der Waals surface area contributed by atoms with Gasteiger partial charge < -0.3 is 31.4 Å². The molecule has 0 heterocycles. The van der Waals surface area contributed by atoms with Crippen molar-refractivity contribution in [1.29, 1.82) is 0 Å². The molecular weight excluding hydrogens is 354 g/mol. The van der Waals surface area contributed by atoms with E-state index < -0.39 is 24.0 Å². The van der Waals surface area contributed by atoms with Gasteiger partial charge in [0.05, 0.1) is 6.61 Å². The maximum atomic E-state index is 11.3. The Morgan fingerprint density at radius 1 is 1.11 bits per heavy atom. The summed E-state index contributed by atoms with van der Waals surface area (Å²) in [5, 5.41) is 11.1. The van der Waals surface area contributed by atoms with Gasteiger partial charge in [-0.25, -0.2) is 14.4 Å². The zero-order valence-corrected chi connectivity index (χ0v) is 16.6. The third-order valence-electron chi connectivity index (χ3n) is 2.95. The molecule has 1 atom stereocenters. The van der Waals surface area contributed by atoms with Gasteiger partial charge in [-0.05, 0) is 34.6 Å². The summed E-state index contributed by atoms with van der Waals surface area (Å²) in [6, 6.07) is 0. The molecule has 154 valence electrons. The van der Waals surface area contributed by atoms with Crippen LogP contribution in [0.15, 0.2) is 35.3 Å². The van der Waals surface area contributed by atoms with E-state index in [9.17, 15) is 14.4 Å². The maximum Gasteiger partial charge on any atom is 0.354 e. The van der Waals surface area contributed by atoms with E-state index in [1.54, 1.807) is 27.7 Å². The van der Waals surface area contributed by atoms with E-state index >= 15 is 0 Å². The highest BCUT2D eigenvalue weighted by Crippen LogP contribution is 2.02. The van der Waals surface area contributed by atoms with Gasteiger partial charge in [-0.2, -0.15) is 0 Å².